The number of hydrogen-bond acceptors (Lipinski definition) is 2. The maximum Gasteiger partial charge on any atom is 0.0329 e. The van der Waals surface area contributed by atoms with Gasteiger partial charge >= 0.3 is 0 Å². The molecule has 2 heteroatoms. The van der Waals surface area contributed by atoms with Crippen molar-refractivity contribution in [3.63, 3.8) is 0 Å². The molecule has 0 amide bonds. The van der Waals surface area contributed by atoms with Gasteiger partial charge in [0.2, 0.25) is 0 Å². The fourth-order valence-electron chi connectivity index (χ4n) is 2.86. The SMILES string of the molecule is CCC1(CC)CNC(C)(C)CN1CC(C)C. The van der Waals surface area contributed by atoms with Crippen molar-refractivity contribution in [3.8, 4) is 0 Å². The number of nitrogens with one attached hydrogen (secondary N) is 1. The fourth-order valence-corrected chi connectivity index (χ4v) is 2.86. The lowest BCUT2D eigenvalue weighted by Crippen LogP contribution is -2.68. The summed E-state index contributed by atoms with van der Waals surface area (Å²) in [5, 5.41) is 3.71. The van der Waals surface area contributed by atoms with Crippen LogP contribution in [0.25, 0.3) is 0 Å². The molecule has 0 atom stereocenters. The van der Waals surface area contributed by atoms with E-state index in [4.69, 9.17) is 0 Å². The zero-order valence-electron chi connectivity index (χ0n) is 12.1. The molecular weight excluding hydrogens is 196 g/mol. The summed E-state index contributed by atoms with van der Waals surface area (Å²) in [6.45, 7) is 17.5. The summed E-state index contributed by atoms with van der Waals surface area (Å²) >= 11 is 0. The normalized spacial score (nSPS) is 24.9. The lowest BCUT2D eigenvalue weighted by atomic mass is 9.83. The molecule has 0 unspecified atom stereocenters. The molecule has 0 aromatic carbocycles. The molecule has 0 spiro atoms. The second-order valence-electron chi connectivity index (χ2n) is 6.44. The zero-order chi connectivity index (χ0) is 12.4. The van der Waals surface area contributed by atoms with Crippen molar-refractivity contribution in [2.24, 2.45) is 5.92 Å². The summed E-state index contributed by atoms with van der Waals surface area (Å²) in [5.41, 5.74) is 0.655. The van der Waals surface area contributed by atoms with Crippen LogP contribution in [-0.4, -0.2) is 35.6 Å². The Morgan fingerprint density at radius 1 is 1.19 bits per heavy atom. The topological polar surface area (TPSA) is 15.3 Å². The molecule has 0 aliphatic carbocycles. The average molecular weight is 226 g/mol. The molecule has 1 saturated heterocycles. The number of piperazine rings is 1. The highest BCUT2D eigenvalue weighted by atomic mass is 15.3. The average Bonchev–Trinajstić information content (AvgIpc) is 2.17. The first-order valence-corrected chi connectivity index (χ1v) is 6.85. The molecule has 0 aromatic rings. The maximum atomic E-state index is 3.71. The van der Waals surface area contributed by atoms with Gasteiger partial charge in [-0.05, 0) is 32.6 Å². The Kier molecular flexibility index (Phi) is 4.42. The summed E-state index contributed by atoms with van der Waals surface area (Å²) in [6.07, 6.45) is 2.50. The zero-order valence-corrected chi connectivity index (χ0v) is 12.1. The van der Waals surface area contributed by atoms with Crippen LogP contribution in [0.1, 0.15) is 54.4 Å². The van der Waals surface area contributed by atoms with Gasteiger partial charge in [0.1, 0.15) is 0 Å². The third-order valence-electron chi connectivity index (χ3n) is 4.05. The van der Waals surface area contributed by atoms with Crippen LogP contribution in [0.15, 0.2) is 0 Å². The van der Waals surface area contributed by atoms with Gasteiger partial charge < -0.3 is 5.32 Å². The van der Waals surface area contributed by atoms with E-state index < -0.39 is 0 Å². The third-order valence-corrected chi connectivity index (χ3v) is 4.05. The van der Waals surface area contributed by atoms with Crippen LogP contribution < -0.4 is 5.32 Å². The van der Waals surface area contributed by atoms with E-state index in [0.717, 1.165) is 12.5 Å². The van der Waals surface area contributed by atoms with Crippen molar-refractivity contribution in [1.82, 2.24) is 10.2 Å². The van der Waals surface area contributed by atoms with Crippen molar-refractivity contribution < 1.29 is 0 Å². The van der Waals surface area contributed by atoms with Gasteiger partial charge in [-0.15, -0.1) is 0 Å². The second-order valence-corrected chi connectivity index (χ2v) is 6.44. The van der Waals surface area contributed by atoms with E-state index >= 15 is 0 Å². The number of rotatable bonds is 4. The quantitative estimate of drug-likeness (QED) is 0.793. The van der Waals surface area contributed by atoms with Gasteiger partial charge in [0.05, 0.1) is 0 Å². The van der Waals surface area contributed by atoms with Gasteiger partial charge in [0, 0.05) is 30.7 Å². The Morgan fingerprint density at radius 2 is 1.75 bits per heavy atom. The molecule has 16 heavy (non-hydrogen) atoms. The standard InChI is InChI=1S/C14H30N2/c1-7-14(8-2)10-15-13(5,6)11-16(14)9-12(3)4/h12,15H,7-11H2,1-6H3. The van der Waals surface area contributed by atoms with Crippen LogP contribution in [-0.2, 0) is 0 Å². The van der Waals surface area contributed by atoms with Gasteiger partial charge in [-0.3, -0.25) is 4.90 Å². The van der Waals surface area contributed by atoms with Crippen LogP contribution in [0, 0.1) is 5.92 Å². The van der Waals surface area contributed by atoms with Crippen LogP contribution in [0.2, 0.25) is 0 Å². The number of nitrogens with zero attached hydrogens (tertiary/aromatic N) is 1. The fraction of sp³-hybridized carbons (Fsp3) is 1.00. The Bertz CT molecular complexity index is 217. The van der Waals surface area contributed by atoms with Crippen molar-refractivity contribution >= 4 is 0 Å². The van der Waals surface area contributed by atoms with Crippen LogP contribution in [0.4, 0.5) is 0 Å². The Hall–Kier alpha value is -0.0800. The molecule has 1 aliphatic heterocycles. The largest absolute Gasteiger partial charge is 0.309 e. The molecule has 1 aliphatic rings. The van der Waals surface area contributed by atoms with E-state index in [1.807, 2.05) is 0 Å². The van der Waals surface area contributed by atoms with Gasteiger partial charge in [0.15, 0.2) is 0 Å². The molecule has 0 saturated carbocycles. The van der Waals surface area contributed by atoms with Crippen LogP contribution in [0.3, 0.4) is 0 Å². The Labute approximate surface area is 102 Å². The summed E-state index contributed by atoms with van der Waals surface area (Å²) in [7, 11) is 0. The molecule has 1 N–H and O–H groups in total. The second kappa shape index (κ2) is 5.05. The van der Waals surface area contributed by atoms with Gasteiger partial charge in [0.25, 0.3) is 0 Å². The predicted molar refractivity (Wildman–Crippen MR) is 71.8 cm³/mol. The van der Waals surface area contributed by atoms with E-state index in [1.165, 1.54) is 25.9 Å². The van der Waals surface area contributed by atoms with Crippen molar-refractivity contribution in [3.05, 3.63) is 0 Å². The van der Waals surface area contributed by atoms with Crippen molar-refractivity contribution in [2.45, 2.75) is 65.5 Å². The highest BCUT2D eigenvalue weighted by Crippen LogP contribution is 2.30. The molecule has 1 heterocycles. The van der Waals surface area contributed by atoms with E-state index in [0.29, 0.717) is 5.54 Å². The maximum absolute atomic E-state index is 3.71. The predicted octanol–water partition coefficient (Wildman–Crippen LogP) is 2.89. The lowest BCUT2D eigenvalue weighted by Gasteiger charge is -2.53. The van der Waals surface area contributed by atoms with E-state index in [9.17, 15) is 0 Å². The third kappa shape index (κ3) is 2.98. The van der Waals surface area contributed by atoms with E-state index in [-0.39, 0.29) is 5.54 Å². The summed E-state index contributed by atoms with van der Waals surface area (Å²) in [6, 6.07) is 0. The minimum Gasteiger partial charge on any atom is -0.309 e. The smallest absolute Gasteiger partial charge is 0.0329 e. The first kappa shape index (κ1) is 14.0. The minimum absolute atomic E-state index is 0.267. The van der Waals surface area contributed by atoms with Gasteiger partial charge in [-0.25, -0.2) is 0 Å². The summed E-state index contributed by atoms with van der Waals surface area (Å²) in [4.78, 5) is 2.73. The molecule has 0 radical (unpaired) electrons. The van der Waals surface area contributed by atoms with Gasteiger partial charge in [-0.2, -0.15) is 0 Å². The molecule has 1 fully saturated rings. The molecule has 1 rings (SSSR count). The van der Waals surface area contributed by atoms with Crippen molar-refractivity contribution in [2.75, 3.05) is 19.6 Å². The molecular formula is C14H30N2. The lowest BCUT2D eigenvalue weighted by molar-refractivity contribution is 0.000907. The highest BCUT2D eigenvalue weighted by molar-refractivity contribution is 5.01. The monoisotopic (exact) mass is 226 g/mol. The molecule has 96 valence electrons. The summed E-state index contributed by atoms with van der Waals surface area (Å²) in [5.74, 6) is 0.756. The van der Waals surface area contributed by atoms with Crippen LogP contribution >= 0.6 is 0 Å². The molecule has 0 bridgehead atoms. The van der Waals surface area contributed by atoms with E-state index in [2.05, 4.69) is 51.8 Å². The van der Waals surface area contributed by atoms with Gasteiger partial charge in [-0.1, -0.05) is 27.7 Å². The Balaban J connectivity index is 2.83. The first-order chi connectivity index (χ1) is 7.35. The Morgan fingerprint density at radius 3 is 2.19 bits per heavy atom. The van der Waals surface area contributed by atoms with Crippen LogP contribution in [0.5, 0.6) is 0 Å². The number of hydrogen-bond donors (Lipinski definition) is 1. The molecule has 2 nitrogen and oxygen atoms in total. The highest BCUT2D eigenvalue weighted by Gasteiger charge is 2.41. The van der Waals surface area contributed by atoms with Crippen molar-refractivity contribution in [1.29, 1.82) is 0 Å². The first-order valence-electron chi connectivity index (χ1n) is 6.85. The van der Waals surface area contributed by atoms with E-state index in [1.54, 1.807) is 0 Å². The minimum atomic E-state index is 0.267. The molecule has 0 aromatic heterocycles. The summed E-state index contributed by atoms with van der Waals surface area (Å²) < 4.78 is 0.